The van der Waals surface area contributed by atoms with Crippen LogP contribution >= 0.6 is 0 Å². The van der Waals surface area contributed by atoms with Gasteiger partial charge in [0.05, 0.1) is 7.11 Å². The van der Waals surface area contributed by atoms with Crippen molar-refractivity contribution in [1.82, 2.24) is 0 Å². The Balaban J connectivity index is 1.63. The minimum absolute atomic E-state index is 0.00851. The van der Waals surface area contributed by atoms with Crippen molar-refractivity contribution in [2.24, 2.45) is 46.3 Å². The van der Waals surface area contributed by atoms with Crippen molar-refractivity contribution in [3.8, 4) is 0 Å². The van der Waals surface area contributed by atoms with Crippen molar-refractivity contribution < 1.29 is 19.1 Å². The molecule has 0 unspecified atom stereocenters. The topological polar surface area (TPSA) is 52.6 Å². The molecular weight excluding hydrogens is 388 g/mol. The summed E-state index contributed by atoms with van der Waals surface area (Å²) < 4.78 is 11.0. The Morgan fingerprint density at radius 2 is 1.90 bits per heavy atom. The first-order chi connectivity index (χ1) is 14.7. The van der Waals surface area contributed by atoms with Crippen LogP contribution < -0.4 is 0 Å². The highest BCUT2D eigenvalue weighted by Crippen LogP contribution is 2.68. The summed E-state index contributed by atoms with van der Waals surface area (Å²) in [5, 5.41) is 0. The van der Waals surface area contributed by atoms with Crippen LogP contribution in [-0.4, -0.2) is 25.2 Å². The number of carbonyl (C=O) groups excluding carboxylic acids is 2. The number of carbonyl (C=O) groups is 2. The number of allylic oxidation sites excluding steroid dienone is 2. The molecule has 0 amide bonds. The lowest BCUT2D eigenvalue weighted by atomic mass is 9.44. The van der Waals surface area contributed by atoms with Gasteiger partial charge in [0.2, 0.25) is 0 Å². The molecular formula is C27H42O4. The third-order valence-electron chi connectivity index (χ3n) is 10.3. The first-order valence-electron chi connectivity index (χ1n) is 12.6. The van der Waals surface area contributed by atoms with Gasteiger partial charge in [0, 0.05) is 18.8 Å². The van der Waals surface area contributed by atoms with Crippen LogP contribution in [0.2, 0.25) is 0 Å². The van der Waals surface area contributed by atoms with E-state index in [2.05, 4.69) is 32.9 Å². The third kappa shape index (κ3) is 3.76. The summed E-state index contributed by atoms with van der Waals surface area (Å²) in [5.74, 6) is 3.33. The Kier molecular flexibility index (Phi) is 6.31. The van der Waals surface area contributed by atoms with E-state index in [1.165, 1.54) is 45.6 Å². The van der Waals surface area contributed by atoms with Gasteiger partial charge in [-0.05, 0) is 92.3 Å². The molecule has 174 valence electrons. The van der Waals surface area contributed by atoms with Crippen LogP contribution in [0, 0.1) is 46.3 Å². The summed E-state index contributed by atoms with van der Waals surface area (Å²) in [6, 6.07) is 0. The first kappa shape index (κ1) is 22.9. The van der Waals surface area contributed by atoms with Gasteiger partial charge in [-0.1, -0.05) is 32.9 Å². The molecule has 0 saturated heterocycles. The summed E-state index contributed by atoms with van der Waals surface area (Å²) in [6.07, 6.45) is 14.7. The van der Waals surface area contributed by atoms with Gasteiger partial charge < -0.3 is 9.47 Å². The van der Waals surface area contributed by atoms with Crippen LogP contribution in [0.25, 0.3) is 0 Å². The second kappa shape index (κ2) is 8.56. The predicted octanol–water partition coefficient (Wildman–Crippen LogP) is 5.94. The Hall–Kier alpha value is -1.32. The molecule has 4 heteroatoms. The lowest BCUT2D eigenvalue weighted by molar-refractivity contribution is -0.189. The molecule has 4 nitrogen and oxygen atoms in total. The highest BCUT2D eigenvalue weighted by Gasteiger charge is 2.64. The smallest absolute Gasteiger partial charge is 0.305 e. The van der Waals surface area contributed by atoms with Crippen LogP contribution in [0.1, 0.15) is 85.5 Å². The van der Waals surface area contributed by atoms with Gasteiger partial charge in [0.1, 0.15) is 6.10 Å². The zero-order chi connectivity index (χ0) is 22.4. The summed E-state index contributed by atoms with van der Waals surface area (Å²) in [7, 11) is 1.47. The molecule has 0 radical (unpaired) electrons. The monoisotopic (exact) mass is 430 g/mol. The maximum absolute atomic E-state index is 12.2. The fraction of sp³-hybridized carbons (Fsp3) is 0.852. The average molecular weight is 431 g/mol. The number of fused-ring (bicyclic) bond motifs is 5. The quantitative estimate of drug-likeness (QED) is 0.400. The normalized spacial score (nSPS) is 44.5. The van der Waals surface area contributed by atoms with E-state index < -0.39 is 0 Å². The maximum atomic E-state index is 12.2. The van der Waals surface area contributed by atoms with Gasteiger partial charge in [-0.2, -0.15) is 0 Å². The third-order valence-corrected chi connectivity index (χ3v) is 10.3. The Bertz CT molecular complexity index is 729. The highest BCUT2D eigenvalue weighted by atomic mass is 16.5. The SMILES string of the molecule is COC(=O)CC[C@@H](C)[C@H]1CC[C@H]2[C@@H]3CC[C@@H]4C=CCC[C@]4(C)[C@H]3C[C@H](OC(C)=O)[C@]12C. The van der Waals surface area contributed by atoms with Gasteiger partial charge in [0.15, 0.2) is 0 Å². The van der Waals surface area contributed by atoms with Crippen molar-refractivity contribution >= 4 is 11.9 Å². The van der Waals surface area contributed by atoms with E-state index in [0.717, 1.165) is 18.8 Å². The summed E-state index contributed by atoms with van der Waals surface area (Å²) in [5.41, 5.74) is 0.349. The first-order valence-corrected chi connectivity index (χ1v) is 12.6. The van der Waals surface area contributed by atoms with Gasteiger partial charge in [-0.15, -0.1) is 0 Å². The predicted molar refractivity (Wildman–Crippen MR) is 121 cm³/mol. The second-order valence-corrected chi connectivity index (χ2v) is 11.5. The van der Waals surface area contributed by atoms with E-state index in [-0.39, 0.29) is 23.5 Å². The molecule has 0 aliphatic heterocycles. The van der Waals surface area contributed by atoms with E-state index in [0.29, 0.717) is 41.4 Å². The van der Waals surface area contributed by atoms with Crippen LogP contribution in [0.3, 0.4) is 0 Å². The zero-order valence-corrected chi connectivity index (χ0v) is 20.2. The molecule has 4 aliphatic rings. The molecule has 0 spiro atoms. The number of esters is 2. The number of hydrogen-bond donors (Lipinski definition) is 0. The fourth-order valence-electron chi connectivity index (χ4n) is 8.75. The lowest BCUT2D eigenvalue weighted by Gasteiger charge is -2.61. The van der Waals surface area contributed by atoms with Gasteiger partial charge >= 0.3 is 11.9 Å². The molecule has 4 aliphatic carbocycles. The van der Waals surface area contributed by atoms with Crippen LogP contribution in [0.15, 0.2) is 12.2 Å². The fourth-order valence-corrected chi connectivity index (χ4v) is 8.75. The molecule has 3 fully saturated rings. The minimum Gasteiger partial charge on any atom is -0.469 e. The molecule has 3 saturated carbocycles. The van der Waals surface area contributed by atoms with Crippen molar-refractivity contribution in [3.63, 3.8) is 0 Å². The second-order valence-electron chi connectivity index (χ2n) is 11.5. The van der Waals surface area contributed by atoms with E-state index in [4.69, 9.17) is 9.47 Å². The summed E-state index contributed by atoms with van der Waals surface area (Å²) in [4.78, 5) is 24.0. The number of methoxy groups -OCH3 is 1. The Labute approximate surface area is 188 Å². The number of ether oxygens (including phenoxy) is 2. The van der Waals surface area contributed by atoms with Crippen molar-refractivity contribution in [2.45, 2.75) is 91.6 Å². The Morgan fingerprint density at radius 3 is 2.61 bits per heavy atom. The highest BCUT2D eigenvalue weighted by molar-refractivity contribution is 5.69. The molecule has 0 N–H and O–H groups in total. The molecule has 0 aromatic heterocycles. The van der Waals surface area contributed by atoms with Gasteiger partial charge in [-0.25, -0.2) is 0 Å². The molecule has 4 rings (SSSR count). The van der Waals surface area contributed by atoms with Crippen molar-refractivity contribution in [3.05, 3.63) is 12.2 Å². The Morgan fingerprint density at radius 1 is 1.13 bits per heavy atom. The molecule has 31 heavy (non-hydrogen) atoms. The molecule has 0 aromatic rings. The van der Waals surface area contributed by atoms with Crippen LogP contribution in [0.4, 0.5) is 0 Å². The van der Waals surface area contributed by atoms with Crippen LogP contribution in [0.5, 0.6) is 0 Å². The summed E-state index contributed by atoms with van der Waals surface area (Å²) >= 11 is 0. The maximum Gasteiger partial charge on any atom is 0.305 e. The number of rotatable bonds is 5. The van der Waals surface area contributed by atoms with Gasteiger partial charge in [-0.3, -0.25) is 9.59 Å². The minimum atomic E-state index is -0.141. The van der Waals surface area contributed by atoms with Crippen molar-refractivity contribution in [1.29, 1.82) is 0 Å². The molecule has 9 atom stereocenters. The van der Waals surface area contributed by atoms with Crippen molar-refractivity contribution in [2.75, 3.05) is 7.11 Å². The lowest BCUT2D eigenvalue weighted by Crippen LogP contribution is -2.58. The van der Waals surface area contributed by atoms with Crippen LogP contribution in [-0.2, 0) is 19.1 Å². The number of hydrogen-bond acceptors (Lipinski definition) is 4. The van der Waals surface area contributed by atoms with E-state index in [1.807, 2.05) is 0 Å². The molecule has 0 bridgehead atoms. The molecule has 0 heterocycles. The largest absolute Gasteiger partial charge is 0.469 e. The summed E-state index contributed by atoms with van der Waals surface area (Å²) in [6.45, 7) is 8.81. The van der Waals surface area contributed by atoms with Gasteiger partial charge in [0.25, 0.3) is 0 Å². The average Bonchev–Trinajstić information content (AvgIpc) is 3.10. The standard InChI is InChI=1S/C27H42O4/c1-17(9-14-25(29)30-5)21-12-13-22-20-11-10-19-8-6-7-15-26(19,3)23(20)16-24(27(21,22)4)31-18(2)28/h6,8,17,19-24H,7,9-16H2,1-5H3/t17-,19+,20+,21-,22+,23+,24+,26+,27-/m1/s1. The van der Waals surface area contributed by atoms with E-state index in [1.54, 1.807) is 6.92 Å². The van der Waals surface area contributed by atoms with E-state index >= 15 is 0 Å². The zero-order valence-electron chi connectivity index (χ0n) is 20.2. The van der Waals surface area contributed by atoms with E-state index in [9.17, 15) is 9.59 Å². The molecule has 0 aromatic carbocycles.